The number of hydrogen-bond acceptors (Lipinski definition) is 2. The van der Waals surface area contributed by atoms with Crippen molar-refractivity contribution in [2.75, 3.05) is 17.6 Å². The van der Waals surface area contributed by atoms with Gasteiger partial charge in [0.25, 0.3) is 0 Å². The maximum absolute atomic E-state index is 5.80. The molecular weight excluding hydrogens is 315 g/mol. The van der Waals surface area contributed by atoms with Crippen LogP contribution in [0.5, 0.6) is 0 Å². The molecule has 0 heterocycles. The average Bonchev–Trinajstić information content (AvgIpc) is 2.30. The molecule has 1 aromatic rings. The van der Waals surface area contributed by atoms with E-state index in [1.807, 2.05) is 32.0 Å². The highest BCUT2D eigenvalue weighted by molar-refractivity contribution is 14.1. The highest BCUT2D eigenvalue weighted by atomic mass is 127. The summed E-state index contributed by atoms with van der Waals surface area (Å²) in [5, 5.41) is 0. The molecule has 1 unspecified atom stereocenters. The van der Waals surface area contributed by atoms with Crippen LogP contribution in [0.3, 0.4) is 0 Å². The first-order valence-corrected chi connectivity index (χ1v) is 7.10. The van der Waals surface area contributed by atoms with E-state index in [9.17, 15) is 0 Å². The third-order valence-electron chi connectivity index (χ3n) is 2.17. The molecule has 90 valence electrons. The van der Waals surface area contributed by atoms with Crippen LogP contribution in [0.2, 0.25) is 0 Å². The van der Waals surface area contributed by atoms with Gasteiger partial charge in [0, 0.05) is 4.43 Å². The number of halogens is 1. The van der Waals surface area contributed by atoms with Crippen LogP contribution < -0.4 is 0 Å². The molecule has 3 heteroatoms. The summed E-state index contributed by atoms with van der Waals surface area (Å²) in [4.78, 5) is 0. The summed E-state index contributed by atoms with van der Waals surface area (Å²) in [5.74, 6) is 0. The largest absolute Gasteiger partial charge is 0.376 e. The minimum absolute atomic E-state index is 0.178. The van der Waals surface area contributed by atoms with Crippen molar-refractivity contribution < 1.29 is 9.47 Å². The standard InChI is InChI=1S/C13H19IO2/c1-11(2)15-8-9-16-13(10-14)12-6-4-3-5-7-12/h3-7,11,13H,8-10H2,1-2H3. The van der Waals surface area contributed by atoms with Crippen LogP contribution in [-0.2, 0) is 9.47 Å². The summed E-state index contributed by atoms with van der Waals surface area (Å²) in [5.41, 5.74) is 1.24. The Hall–Kier alpha value is -0.130. The maximum Gasteiger partial charge on any atom is 0.0915 e. The maximum atomic E-state index is 5.80. The zero-order valence-electron chi connectivity index (χ0n) is 9.86. The van der Waals surface area contributed by atoms with E-state index >= 15 is 0 Å². The minimum Gasteiger partial charge on any atom is -0.376 e. The molecular formula is C13H19IO2. The van der Waals surface area contributed by atoms with Crippen LogP contribution in [0, 0.1) is 0 Å². The first kappa shape index (κ1) is 13.9. The number of rotatable bonds is 7. The highest BCUT2D eigenvalue weighted by Crippen LogP contribution is 2.19. The van der Waals surface area contributed by atoms with Crippen molar-refractivity contribution in [1.29, 1.82) is 0 Å². The fourth-order valence-corrected chi connectivity index (χ4v) is 2.13. The molecule has 0 spiro atoms. The second kappa shape index (κ2) is 8.03. The first-order chi connectivity index (χ1) is 7.74. The molecule has 0 aliphatic heterocycles. The Morgan fingerprint density at radius 1 is 1.06 bits per heavy atom. The lowest BCUT2D eigenvalue weighted by molar-refractivity contribution is -0.00503. The minimum atomic E-state index is 0.178. The molecule has 0 saturated heterocycles. The van der Waals surface area contributed by atoms with Gasteiger partial charge in [-0.2, -0.15) is 0 Å². The Labute approximate surface area is 111 Å². The highest BCUT2D eigenvalue weighted by Gasteiger charge is 2.09. The molecule has 2 nitrogen and oxygen atoms in total. The molecule has 1 aromatic carbocycles. The fourth-order valence-electron chi connectivity index (χ4n) is 1.37. The number of alkyl halides is 1. The molecule has 0 saturated carbocycles. The van der Waals surface area contributed by atoms with Crippen molar-refractivity contribution >= 4 is 22.6 Å². The summed E-state index contributed by atoms with van der Waals surface area (Å²) >= 11 is 2.35. The molecule has 0 amide bonds. The van der Waals surface area contributed by atoms with Crippen LogP contribution in [-0.4, -0.2) is 23.7 Å². The van der Waals surface area contributed by atoms with Gasteiger partial charge in [-0.1, -0.05) is 52.9 Å². The molecule has 0 N–H and O–H groups in total. The Morgan fingerprint density at radius 2 is 1.69 bits per heavy atom. The predicted molar refractivity (Wildman–Crippen MR) is 75.1 cm³/mol. The van der Waals surface area contributed by atoms with Crippen molar-refractivity contribution in [3.63, 3.8) is 0 Å². The molecule has 0 aromatic heterocycles. The lowest BCUT2D eigenvalue weighted by atomic mass is 10.1. The summed E-state index contributed by atoms with van der Waals surface area (Å²) in [6, 6.07) is 10.3. The average molecular weight is 334 g/mol. The molecule has 0 aliphatic rings. The van der Waals surface area contributed by atoms with Gasteiger partial charge in [-0.25, -0.2) is 0 Å². The van der Waals surface area contributed by atoms with E-state index in [4.69, 9.17) is 9.47 Å². The van der Waals surface area contributed by atoms with E-state index in [1.54, 1.807) is 0 Å². The van der Waals surface area contributed by atoms with Gasteiger partial charge < -0.3 is 9.47 Å². The SMILES string of the molecule is CC(C)OCCOC(CI)c1ccccc1. The Morgan fingerprint density at radius 3 is 2.25 bits per heavy atom. The van der Waals surface area contributed by atoms with Crippen molar-refractivity contribution in [3.8, 4) is 0 Å². The second-order valence-electron chi connectivity index (χ2n) is 3.84. The molecule has 0 fully saturated rings. The van der Waals surface area contributed by atoms with Crippen LogP contribution in [0.15, 0.2) is 30.3 Å². The fraction of sp³-hybridized carbons (Fsp3) is 0.538. The van der Waals surface area contributed by atoms with Gasteiger partial charge in [0.1, 0.15) is 0 Å². The first-order valence-electron chi connectivity index (χ1n) is 5.58. The van der Waals surface area contributed by atoms with Crippen molar-refractivity contribution in [3.05, 3.63) is 35.9 Å². The van der Waals surface area contributed by atoms with E-state index in [0.29, 0.717) is 13.2 Å². The smallest absolute Gasteiger partial charge is 0.0915 e. The Balaban J connectivity index is 2.33. The zero-order valence-corrected chi connectivity index (χ0v) is 12.0. The topological polar surface area (TPSA) is 18.5 Å². The third-order valence-corrected chi connectivity index (χ3v) is 2.97. The summed E-state index contributed by atoms with van der Waals surface area (Å²) in [6.45, 7) is 5.39. The zero-order chi connectivity index (χ0) is 11.8. The Kier molecular flexibility index (Phi) is 7.00. The number of hydrogen-bond donors (Lipinski definition) is 0. The third kappa shape index (κ3) is 5.27. The molecule has 0 bridgehead atoms. The normalized spacial score (nSPS) is 13.0. The van der Waals surface area contributed by atoms with Gasteiger partial charge in [-0.05, 0) is 19.4 Å². The van der Waals surface area contributed by atoms with Crippen molar-refractivity contribution in [1.82, 2.24) is 0 Å². The van der Waals surface area contributed by atoms with Crippen LogP contribution >= 0.6 is 22.6 Å². The summed E-state index contributed by atoms with van der Waals surface area (Å²) in [7, 11) is 0. The van der Waals surface area contributed by atoms with Gasteiger partial charge >= 0.3 is 0 Å². The molecule has 1 rings (SSSR count). The Bertz CT molecular complexity index is 275. The van der Waals surface area contributed by atoms with Gasteiger partial charge in [0.2, 0.25) is 0 Å². The molecule has 0 radical (unpaired) electrons. The van der Waals surface area contributed by atoms with Gasteiger partial charge in [-0.15, -0.1) is 0 Å². The van der Waals surface area contributed by atoms with E-state index in [2.05, 4.69) is 34.7 Å². The monoisotopic (exact) mass is 334 g/mol. The van der Waals surface area contributed by atoms with Crippen LogP contribution in [0.1, 0.15) is 25.5 Å². The van der Waals surface area contributed by atoms with Gasteiger partial charge in [0.15, 0.2) is 0 Å². The summed E-state index contributed by atoms with van der Waals surface area (Å²) < 4.78 is 12.2. The molecule has 1 atom stereocenters. The van der Waals surface area contributed by atoms with Crippen LogP contribution in [0.25, 0.3) is 0 Å². The van der Waals surface area contributed by atoms with Crippen molar-refractivity contribution in [2.45, 2.75) is 26.1 Å². The van der Waals surface area contributed by atoms with E-state index in [-0.39, 0.29) is 12.2 Å². The lowest BCUT2D eigenvalue weighted by Crippen LogP contribution is -2.13. The van der Waals surface area contributed by atoms with Crippen molar-refractivity contribution in [2.24, 2.45) is 0 Å². The molecule has 16 heavy (non-hydrogen) atoms. The number of ether oxygens (including phenoxy) is 2. The van der Waals surface area contributed by atoms with E-state index in [0.717, 1.165) is 4.43 Å². The van der Waals surface area contributed by atoms with E-state index in [1.165, 1.54) is 5.56 Å². The second-order valence-corrected chi connectivity index (χ2v) is 4.72. The summed E-state index contributed by atoms with van der Waals surface area (Å²) in [6.07, 6.45) is 0.455. The number of benzene rings is 1. The van der Waals surface area contributed by atoms with Crippen LogP contribution in [0.4, 0.5) is 0 Å². The van der Waals surface area contributed by atoms with Gasteiger partial charge in [0.05, 0.1) is 25.4 Å². The van der Waals surface area contributed by atoms with E-state index < -0.39 is 0 Å². The predicted octanol–water partition coefficient (Wildman–Crippen LogP) is 3.60. The van der Waals surface area contributed by atoms with Gasteiger partial charge in [-0.3, -0.25) is 0 Å². The lowest BCUT2D eigenvalue weighted by Gasteiger charge is -2.16. The quantitative estimate of drug-likeness (QED) is 0.431. The molecule has 0 aliphatic carbocycles.